The monoisotopic (exact) mass is 564 g/mol. The first-order valence-electron chi connectivity index (χ1n) is 17.0. The Morgan fingerprint density at radius 3 is 1.98 bits per heavy atom. The van der Waals surface area contributed by atoms with Crippen LogP contribution in [0.3, 0.4) is 0 Å². The molecule has 0 radical (unpaired) electrons. The van der Waals surface area contributed by atoms with E-state index in [1.165, 1.54) is 83.5 Å². The third-order valence-corrected chi connectivity index (χ3v) is 8.85. The molecule has 1 aliphatic rings. The number of unbranched alkanes of at least 4 members (excludes halogenated alkanes) is 9. The van der Waals surface area contributed by atoms with Crippen LogP contribution >= 0.6 is 0 Å². The summed E-state index contributed by atoms with van der Waals surface area (Å²) in [6, 6.07) is 3.58. The summed E-state index contributed by atoms with van der Waals surface area (Å²) in [6.45, 7) is 4.90. The second kappa shape index (κ2) is 19.7. The molecule has 41 heavy (non-hydrogen) atoms. The summed E-state index contributed by atoms with van der Waals surface area (Å²) >= 11 is 0. The number of hydrogen-bond donors (Lipinski definition) is 0. The number of esters is 1. The minimum absolute atomic E-state index is 0.0238. The van der Waals surface area contributed by atoms with Gasteiger partial charge in [0.1, 0.15) is 16.7 Å². The third-order valence-electron chi connectivity index (χ3n) is 8.85. The Hall–Kier alpha value is -2.36. The lowest BCUT2D eigenvalue weighted by Crippen LogP contribution is -2.16. The second-order valence-electron chi connectivity index (χ2n) is 12.3. The Bertz CT molecular complexity index is 1040. The summed E-state index contributed by atoms with van der Waals surface area (Å²) in [7, 11) is 0. The average Bonchev–Trinajstić information content (AvgIpc) is 3.61. The van der Waals surface area contributed by atoms with Gasteiger partial charge in [-0.2, -0.15) is 0 Å². The molecule has 0 N–H and O–H groups in total. The molecule has 4 nitrogen and oxygen atoms in total. The first-order chi connectivity index (χ1) is 20.1. The summed E-state index contributed by atoms with van der Waals surface area (Å²) in [6.07, 6.45) is 32.4. The molecule has 0 amide bonds. The number of ether oxygens (including phenoxy) is 1. The number of furan rings is 2. The molecule has 0 unspecified atom stereocenters. The van der Waals surface area contributed by atoms with Crippen molar-refractivity contribution in [2.75, 3.05) is 6.61 Å². The van der Waals surface area contributed by atoms with Gasteiger partial charge in [0.15, 0.2) is 5.78 Å². The van der Waals surface area contributed by atoms with Crippen LogP contribution in [0.1, 0.15) is 163 Å². The first-order valence-corrected chi connectivity index (χ1v) is 17.0. The molecule has 1 fully saturated rings. The Labute approximate surface area is 249 Å². The molecule has 0 saturated heterocycles. The Kier molecular flexibility index (Phi) is 15.9. The molecule has 2 aromatic heterocycles. The van der Waals surface area contributed by atoms with Crippen LogP contribution < -0.4 is 0 Å². The summed E-state index contributed by atoms with van der Waals surface area (Å²) in [5.41, 5.74) is 1.80. The summed E-state index contributed by atoms with van der Waals surface area (Å²) in [4.78, 5) is 26.1. The van der Waals surface area contributed by atoms with Gasteiger partial charge in [-0.3, -0.25) is 4.79 Å². The molecule has 4 heteroatoms. The van der Waals surface area contributed by atoms with Crippen LogP contribution in [0.25, 0.3) is 11.2 Å². The van der Waals surface area contributed by atoms with Gasteiger partial charge < -0.3 is 9.15 Å². The van der Waals surface area contributed by atoms with E-state index in [1.54, 1.807) is 12.1 Å². The van der Waals surface area contributed by atoms with E-state index in [0.717, 1.165) is 44.4 Å². The maximum atomic E-state index is 13.2. The third kappa shape index (κ3) is 11.8. The molecular weight excluding hydrogens is 508 g/mol. The standard InChI is InChI=1S/C37H56O4/c1-3-5-6-7-8-9-10-11-12-13-14-15-16-17-18-19-29-40-37(39)36-34-28-27-33(41-34)35(36)32(38)26-25-31-23-21-30(20-4-2)22-24-31/h8-9,11-12,27-28,30-31H,3-7,10,13-26,29H2,1-2H3. The van der Waals surface area contributed by atoms with Crippen molar-refractivity contribution in [2.24, 2.45) is 11.8 Å². The van der Waals surface area contributed by atoms with Gasteiger partial charge in [-0.25, -0.2) is 4.79 Å². The summed E-state index contributed by atoms with van der Waals surface area (Å²) in [5, 5.41) is 0. The van der Waals surface area contributed by atoms with Crippen molar-refractivity contribution >= 4 is 22.9 Å². The fraction of sp³-hybridized carbons (Fsp3) is 0.676. The van der Waals surface area contributed by atoms with Crippen LogP contribution in [-0.2, 0) is 4.74 Å². The number of fused-ring (bicyclic) bond motifs is 2. The molecule has 3 rings (SSSR count). The maximum Gasteiger partial charge on any atom is 0.342 e. The largest absolute Gasteiger partial charge is 0.462 e. The van der Waals surface area contributed by atoms with Crippen molar-refractivity contribution < 1.29 is 18.7 Å². The molecule has 2 heterocycles. The fourth-order valence-corrected chi connectivity index (χ4v) is 6.34. The van der Waals surface area contributed by atoms with Crippen molar-refractivity contribution in [3.8, 4) is 0 Å². The number of ketones is 1. The van der Waals surface area contributed by atoms with E-state index in [1.807, 2.05) is 0 Å². The van der Waals surface area contributed by atoms with E-state index >= 15 is 0 Å². The predicted octanol–water partition coefficient (Wildman–Crippen LogP) is 11.4. The number of Topliss-reactive ketones (excluding diaryl/α,β-unsaturated/α-hetero) is 1. The number of allylic oxidation sites excluding steroid dienone is 4. The van der Waals surface area contributed by atoms with Crippen molar-refractivity contribution in [3.63, 3.8) is 0 Å². The van der Waals surface area contributed by atoms with Crippen LogP contribution in [0.2, 0.25) is 0 Å². The number of carbonyl (C=O) groups is 2. The summed E-state index contributed by atoms with van der Waals surface area (Å²) in [5.74, 6) is 1.11. The van der Waals surface area contributed by atoms with E-state index in [-0.39, 0.29) is 5.78 Å². The van der Waals surface area contributed by atoms with Gasteiger partial charge in [-0.15, -0.1) is 0 Å². The number of rotatable bonds is 22. The van der Waals surface area contributed by atoms with Gasteiger partial charge in [0.25, 0.3) is 0 Å². The van der Waals surface area contributed by atoms with Gasteiger partial charge in [0, 0.05) is 6.42 Å². The smallest absolute Gasteiger partial charge is 0.342 e. The van der Waals surface area contributed by atoms with E-state index in [4.69, 9.17) is 9.15 Å². The van der Waals surface area contributed by atoms with Gasteiger partial charge in [0.05, 0.1) is 12.2 Å². The van der Waals surface area contributed by atoms with Gasteiger partial charge in [0.2, 0.25) is 0 Å². The van der Waals surface area contributed by atoms with E-state index in [9.17, 15) is 9.59 Å². The molecule has 1 saturated carbocycles. The zero-order valence-electron chi connectivity index (χ0n) is 26.1. The SMILES string of the molecule is CCCCCC=CCC=CCCCCCCCCOC(=O)c1c(C(=O)CCC2CCC(CCC)CC2)c2ccc1o2. The quantitative estimate of drug-likeness (QED) is 0.0617. The van der Waals surface area contributed by atoms with Crippen molar-refractivity contribution in [3.05, 3.63) is 47.6 Å². The molecular formula is C37H56O4. The average molecular weight is 565 g/mol. The van der Waals surface area contributed by atoms with E-state index in [2.05, 4.69) is 38.2 Å². The van der Waals surface area contributed by atoms with Crippen LogP contribution in [0.15, 0.2) is 40.9 Å². The Morgan fingerprint density at radius 2 is 1.32 bits per heavy atom. The maximum absolute atomic E-state index is 13.2. The summed E-state index contributed by atoms with van der Waals surface area (Å²) < 4.78 is 11.3. The highest BCUT2D eigenvalue weighted by Crippen LogP contribution is 2.35. The first kappa shape index (κ1) is 33.1. The number of carbonyl (C=O) groups excluding carboxylic acids is 2. The minimum atomic E-state index is -0.412. The Morgan fingerprint density at radius 1 is 0.732 bits per heavy atom. The molecule has 2 aromatic rings. The lowest BCUT2D eigenvalue weighted by molar-refractivity contribution is 0.0496. The number of hydrogen-bond acceptors (Lipinski definition) is 4. The topological polar surface area (TPSA) is 56.5 Å². The predicted molar refractivity (Wildman–Crippen MR) is 171 cm³/mol. The normalized spacial score (nSPS) is 17.8. The van der Waals surface area contributed by atoms with Crippen LogP contribution in [-0.4, -0.2) is 18.4 Å². The Balaban J connectivity index is 1.26. The highest BCUT2D eigenvalue weighted by Gasteiger charge is 2.29. The van der Waals surface area contributed by atoms with E-state index in [0.29, 0.717) is 41.2 Å². The zero-order valence-corrected chi connectivity index (χ0v) is 26.1. The molecule has 0 spiro atoms. The lowest BCUT2D eigenvalue weighted by atomic mass is 9.78. The molecule has 0 aromatic carbocycles. The van der Waals surface area contributed by atoms with Crippen molar-refractivity contribution in [2.45, 2.75) is 142 Å². The van der Waals surface area contributed by atoms with Crippen LogP contribution in [0.4, 0.5) is 0 Å². The highest BCUT2D eigenvalue weighted by molar-refractivity contribution is 6.15. The van der Waals surface area contributed by atoms with Gasteiger partial charge in [-0.05, 0) is 68.9 Å². The molecule has 1 aliphatic carbocycles. The second-order valence-corrected chi connectivity index (χ2v) is 12.3. The van der Waals surface area contributed by atoms with E-state index < -0.39 is 5.97 Å². The fourth-order valence-electron chi connectivity index (χ4n) is 6.34. The van der Waals surface area contributed by atoms with Crippen molar-refractivity contribution in [1.29, 1.82) is 0 Å². The zero-order chi connectivity index (χ0) is 29.1. The molecule has 228 valence electrons. The highest BCUT2D eigenvalue weighted by atomic mass is 16.5. The minimum Gasteiger partial charge on any atom is -0.462 e. The molecule has 0 aliphatic heterocycles. The van der Waals surface area contributed by atoms with Gasteiger partial charge >= 0.3 is 5.97 Å². The van der Waals surface area contributed by atoms with Gasteiger partial charge in [-0.1, -0.05) is 115 Å². The molecule has 2 bridgehead atoms. The molecule has 0 atom stereocenters. The van der Waals surface area contributed by atoms with Crippen molar-refractivity contribution in [1.82, 2.24) is 0 Å². The van der Waals surface area contributed by atoms with Crippen LogP contribution in [0, 0.1) is 11.8 Å². The lowest BCUT2D eigenvalue weighted by Gasteiger charge is -2.28. The number of benzene rings is 1. The van der Waals surface area contributed by atoms with Crippen LogP contribution in [0.5, 0.6) is 0 Å².